The summed E-state index contributed by atoms with van der Waals surface area (Å²) in [6, 6.07) is 38.0. The molecule has 2 aliphatic carbocycles. The van der Waals surface area contributed by atoms with Crippen LogP contribution in [-0.2, 0) is 20.5 Å². The van der Waals surface area contributed by atoms with Crippen LogP contribution in [-0.4, -0.2) is 88.7 Å². The van der Waals surface area contributed by atoms with Crippen LogP contribution in [0.2, 0.25) is 0 Å². The summed E-state index contributed by atoms with van der Waals surface area (Å²) in [5.41, 5.74) is 5.40. The molecular formula is C61H46F3N15O4. The fraction of sp³-hybridized carbons (Fsp3) is 0.164. The molecular weight excluding hydrogens is 1060 g/mol. The van der Waals surface area contributed by atoms with E-state index in [1.165, 1.54) is 37.9 Å². The molecule has 4 N–H and O–H groups in total. The van der Waals surface area contributed by atoms with Crippen LogP contribution in [0.4, 0.5) is 30.6 Å². The topological polar surface area (TPSA) is 245 Å². The second kappa shape index (κ2) is 21.4. The first-order chi connectivity index (χ1) is 40.4. The third kappa shape index (κ3) is 10.6. The number of halogens is 3. The van der Waals surface area contributed by atoms with Crippen molar-refractivity contribution in [2.45, 2.75) is 55.5 Å². The maximum absolute atomic E-state index is 15.4. The van der Waals surface area contributed by atoms with Crippen LogP contribution in [0.3, 0.4) is 0 Å². The number of alkyl halides is 3. The lowest BCUT2D eigenvalue weighted by atomic mass is 9.99. The highest BCUT2D eigenvalue weighted by molar-refractivity contribution is 6.21. The van der Waals surface area contributed by atoms with Crippen molar-refractivity contribution < 1.29 is 31.9 Å². The van der Waals surface area contributed by atoms with Crippen molar-refractivity contribution in [1.82, 2.24) is 45.4 Å². The standard InChI is InChI=1S/C61H46F3N15O4/c1-32(82-59(65-2)76-54-56(80)71-45-21-11-9-18-39(45)48(74-54)33-14-5-3-6-15-33)38-20-13-25-66-47(38)36-28-69-53(70-29-36)43-26-41(43)42-27-44(50(73-51(42)61(62,63)64)37-30-67-52(68-31-37)35-23-24-35)58-78-79-60(83-58)77-55-57(81)72-46-22-12-10-19-40(46)49(75-55)34-16-7-4-8-17-34/h3-22,25,27-31,35,41,43,54-55H,1,23-24,26H2,2H3,(H,65,76)(H,71,80)(H,72,81)(H,77,79)/t41?,43?,54?,55-/m1/s1. The van der Waals surface area contributed by atoms with Gasteiger partial charge in [0.05, 0.1) is 39.7 Å². The molecule has 2 amide bonds. The van der Waals surface area contributed by atoms with Crippen molar-refractivity contribution in [3.8, 4) is 34.0 Å². The van der Waals surface area contributed by atoms with Crippen LogP contribution in [0.15, 0.2) is 184 Å². The first kappa shape index (κ1) is 51.8. The molecule has 3 unspecified atom stereocenters. The van der Waals surface area contributed by atoms with E-state index in [1.807, 2.05) is 91.0 Å². The molecule has 7 heterocycles. The lowest BCUT2D eigenvalue weighted by Gasteiger charge is -2.18. The molecule has 0 spiro atoms. The Morgan fingerprint density at radius 3 is 1.86 bits per heavy atom. The summed E-state index contributed by atoms with van der Waals surface area (Å²) in [4.78, 5) is 68.5. The molecule has 4 aromatic carbocycles. The molecule has 2 saturated carbocycles. The molecule has 13 rings (SSSR count). The average Bonchev–Trinajstić information content (AvgIpc) is 3.51. The van der Waals surface area contributed by atoms with Gasteiger partial charge in [0.2, 0.25) is 12.3 Å². The number of para-hydroxylation sites is 2. The number of carbonyl (C=O) groups is 2. The van der Waals surface area contributed by atoms with Gasteiger partial charge in [0.15, 0.2) is 0 Å². The minimum absolute atomic E-state index is 0.0544. The monoisotopic (exact) mass is 1110 g/mol. The molecule has 19 nitrogen and oxygen atoms in total. The highest BCUT2D eigenvalue weighted by Crippen LogP contribution is 2.57. The van der Waals surface area contributed by atoms with Gasteiger partial charge in [-0.3, -0.25) is 14.6 Å². The number of nitrogens with one attached hydrogen (secondary N) is 4. The van der Waals surface area contributed by atoms with E-state index in [1.54, 1.807) is 36.5 Å². The number of aliphatic imine (C=N–C) groups is 3. The lowest BCUT2D eigenvalue weighted by molar-refractivity contribution is -0.141. The summed E-state index contributed by atoms with van der Waals surface area (Å²) in [6.45, 7) is 4.17. The van der Waals surface area contributed by atoms with Crippen molar-refractivity contribution in [3.63, 3.8) is 0 Å². The number of rotatable bonds is 13. The first-order valence-corrected chi connectivity index (χ1v) is 26.4. The number of nitrogens with zero attached hydrogens (tertiary/aromatic N) is 11. The predicted molar refractivity (Wildman–Crippen MR) is 303 cm³/mol. The van der Waals surface area contributed by atoms with Crippen molar-refractivity contribution in [3.05, 3.63) is 216 Å². The molecule has 4 atom stereocenters. The number of carbonyl (C=O) groups excluding carboxylic acids is 2. The summed E-state index contributed by atoms with van der Waals surface area (Å²) in [5.74, 6) is -1.24. The number of hydrogen-bond donors (Lipinski definition) is 4. The van der Waals surface area contributed by atoms with Gasteiger partial charge in [-0.15, -0.1) is 5.10 Å². The highest BCUT2D eigenvalue weighted by Gasteiger charge is 2.48. The van der Waals surface area contributed by atoms with Gasteiger partial charge >= 0.3 is 12.2 Å². The molecule has 9 aromatic rings. The predicted octanol–water partition coefficient (Wildman–Crippen LogP) is 10.2. The van der Waals surface area contributed by atoms with Gasteiger partial charge in [0, 0.05) is 88.8 Å². The molecule has 410 valence electrons. The Kier molecular flexibility index (Phi) is 13.4. The molecule has 5 aromatic heterocycles. The quantitative estimate of drug-likeness (QED) is 0.0477. The molecule has 0 radical (unpaired) electrons. The van der Waals surface area contributed by atoms with Gasteiger partial charge < -0.3 is 30.4 Å². The zero-order chi connectivity index (χ0) is 56.8. The van der Waals surface area contributed by atoms with Gasteiger partial charge in [-0.05, 0) is 61.1 Å². The maximum atomic E-state index is 15.4. The van der Waals surface area contributed by atoms with Crippen LogP contribution in [0.5, 0.6) is 0 Å². The fourth-order valence-electron chi connectivity index (χ4n) is 10.1. The molecule has 4 aliphatic rings. The van der Waals surface area contributed by atoms with E-state index >= 15 is 13.2 Å². The normalized spacial score (nSPS) is 18.4. The number of anilines is 3. The number of ether oxygens (including phenoxy) is 1. The lowest BCUT2D eigenvalue weighted by Crippen LogP contribution is -2.43. The second-order valence-electron chi connectivity index (χ2n) is 19.9. The van der Waals surface area contributed by atoms with Crippen LogP contribution in [0.1, 0.15) is 87.7 Å². The van der Waals surface area contributed by atoms with Crippen LogP contribution in [0, 0.1) is 0 Å². The largest absolute Gasteiger partial charge is 0.433 e. The van der Waals surface area contributed by atoms with Crippen molar-refractivity contribution in [1.29, 1.82) is 0 Å². The third-order valence-corrected chi connectivity index (χ3v) is 14.4. The van der Waals surface area contributed by atoms with Crippen LogP contribution in [0.25, 0.3) is 39.7 Å². The summed E-state index contributed by atoms with van der Waals surface area (Å²) in [7, 11) is 1.49. The molecule has 22 heteroatoms. The van der Waals surface area contributed by atoms with Crippen LogP contribution >= 0.6 is 0 Å². The molecule has 83 heavy (non-hydrogen) atoms. The first-order valence-electron chi connectivity index (χ1n) is 26.4. The van der Waals surface area contributed by atoms with E-state index < -0.39 is 47.9 Å². The van der Waals surface area contributed by atoms with E-state index in [0.29, 0.717) is 56.8 Å². The summed E-state index contributed by atoms with van der Waals surface area (Å²) in [5, 5.41) is 20.3. The minimum atomic E-state index is -4.90. The number of amides is 2. The van der Waals surface area contributed by atoms with Gasteiger partial charge in [-0.25, -0.2) is 39.9 Å². The molecule has 0 saturated heterocycles. The van der Waals surface area contributed by atoms with Crippen molar-refractivity contribution in [2.75, 3.05) is 23.0 Å². The Morgan fingerprint density at radius 2 is 1.24 bits per heavy atom. The van der Waals surface area contributed by atoms with Crippen molar-refractivity contribution >= 4 is 52.4 Å². The fourth-order valence-corrected chi connectivity index (χ4v) is 10.1. The zero-order valence-electron chi connectivity index (χ0n) is 43.9. The number of hydrogen-bond acceptors (Lipinski definition) is 16. The summed E-state index contributed by atoms with van der Waals surface area (Å²) in [6.07, 6.45) is 2.30. The van der Waals surface area contributed by atoms with Gasteiger partial charge in [0.1, 0.15) is 23.1 Å². The average molecular weight is 1110 g/mol. The maximum Gasteiger partial charge on any atom is 0.433 e. The Hall–Kier alpha value is -10.6. The van der Waals surface area contributed by atoms with Crippen molar-refractivity contribution in [2.24, 2.45) is 15.0 Å². The third-order valence-electron chi connectivity index (χ3n) is 14.4. The summed E-state index contributed by atoms with van der Waals surface area (Å²) >= 11 is 0. The van der Waals surface area contributed by atoms with Gasteiger partial charge in [-0.1, -0.05) is 109 Å². The Morgan fingerprint density at radius 1 is 0.663 bits per heavy atom. The van der Waals surface area contributed by atoms with E-state index in [-0.39, 0.29) is 58.4 Å². The van der Waals surface area contributed by atoms with Gasteiger partial charge in [-0.2, -0.15) is 13.2 Å². The molecule has 2 aliphatic heterocycles. The number of pyridine rings is 2. The number of fused-ring (bicyclic) bond motifs is 2. The van der Waals surface area contributed by atoms with Gasteiger partial charge in [0.25, 0.3) is 23.7 Å². The SMILES string of the molecule is C=C(O/C(=N\C)NC1N=C(c2ccccc2)c2ccccc2NC1=O)c1cccnc1-c1cnc(C2CC2c2cc(-c3nnc(N[C@H]4N=C(c5ccccc5)c5ccccc5NC4=O)o3)c(-c3cnc(C4CC4)nc3)nc2C(F)(F)F)nc1. The highest BCUT2D eigenvalue weighted by atomic mass is 19.4. The second-order valence-corrected chi connectivity index (χ2v) is 19.9. The van der Waals surface area contributed by atoms with E-state index in [0.717, 1.165) is 29.5 Å². The number of amidine groups is 1. The number of benzene rings is 4. The van der Waals surface area contributed by atoms with E-state index in [9.17, 15) is 9.59 Å². The number of aromatic nitrogens is 8. The summed E-state index contributed by atoms with van der Waals surface area (Å²) < 4.78 is 58.5. The molecule has 2 fully saturated rings. The Balaban J connectivity index is 0.771. The minimum Gasteiger partial charge on any atom is -0.426 e. The van der Waals surface area contributed by atoms with E-state index in [4.69, 9.17) is 19.1 Å². The Bertz CT molecular complexity index is 4100. The van der Waals surface area contributed by atoms with E-state index in [2.05, 4.69) is 72.9 Å². The van der Waals surface area contributed by atoms with Crippen LogP contribution < -0.4 is 21.3 Å². The molecule has 0 bridgehead atoms. The smallest absolute Gasteiger partial charge is 0.426 e. The number of benzodiazepines with no additional fused rings is 2. The zero-order valence-corrected chi connectivity index (χ0v) is 43.9. The Labute approximate surface area is 471 Å².